The summed E-state index contributed by atoms with van der Waals surface area (Å²) < 4.78 is 27.3. The molecule has 1 unspecified atom stereocenters. The summed E-state index contributed by atoms with van der Waals surface area (Å²) >= 11 is 0. The van der Waals surface area contributed by atoms with Crippen LogP contribution in [0.4, 0.5) is 0 Å². The third-order valence-corrected chi connectivity index (χ3v) is 4.01. The van der Waals surface area contributed by atoms with Gasteiger partial charge >= 0.3 is 5.97 Å². The van der Waals surface area contributed by atoms with E-state index in [1.54, 1.807) is 0 Å². The molecule has 1 aromatic rings. The minimum Gasteiger partial charge on any atom is -0.457 e. The molecule has 0 aromatic heterocycles. The predicted molar refractivity (Wildman–Crippen MR) is 67.6 cm³/mol. The van der Waals surface area contributed by atoms with Gasteiger partial charge in [0.1, 0.15) is 6.10 Å². The smallest absolute Gasteiger partial charge is 0.306 e. The predicted octanol–water partition coefficient (Wildman–Crippen LogP) is 1.47. The number of carbonyl (C=O) groups is 1. The van der Waals surface area contributed by atoms with E-state index >= 15 is 0 Å². The lowest BCUT2D eigenvalue weighted by molar-refractivity contribution is -0.145. The van der Waals surface area contributed by atoms with Gasteiger partial charge in [-0.25, -0.2) is 8.42 Å². The Morgan fingerprint density at radius 2 is 2.00 bits per heavy atom. The van der Waals surface area contributed by atoms with Crippen molar-refractivity contribution in [3.05, 3.63) is 47.4 Å². The van der Waals surface area contributed by atoms with E-state index in [0.717, 1.165) is 11.0 Å². The fraction of sp³-hybridized carbons (Fsp3) is 0.308. The number of benzene rings is 1. The Morgan fingerprint density at radius 1 is 1.28 bits per heavy atom. The number of ether oxygens (including phenoxy) is 1. The van der Waals surface area contributed by atoms with Crippen molar-refractivity contribution < 1.29 is 17.9 Å². The van der Waals surface area contributed by atoms with E-state index in [-0.39, 0.29) is 18.1 Å². The molecule has 1 aromatic carbocycles. The maximum Gasteiger partial charge on any atom is 0.306 e. The zero-order chi connectivity index (χ0) is 13.0. The standard InChI is InChI=1S/C13H14O4S/c14-13(7-6-11-4-2-1-3-5-11)17-12-8-9-18(15,16)10-12/h1-5,8-9,12H,6-7,10H2. The Labute approximate surface area is 106 Å². The molecule has 2 rings (SSSR count). The normalized spacial score (nSPS) is 20.8. The molecule has 5 heteroatoms. The molecule has 1 aliphatic heterocycles. The summed E-state index contributed by atoms with van der Waals surface area (Å²) in [4.78, 5) is 11.5. The van der Waals surface area contributed by atoms with Crippen LogP contribution in [0.15, 0.2) is 41.8 Å². The second kappa shape index (κ2) is 5.35. The molecule has 0 fully saturated rings. The monoisotopic (exact) mass is 266 g/mol. The summed E-state index contributed by atoms with van der Waals surface area (Å²) in [7, 11) is -3.17. The van der Waals surface area contributed by atoms with Gasteiger partial charge in [0, 0.05) is 11.8 Å². The van der Waals surface area contributed by atoms with E-state index in [1.165, 1.54) is 6.08 Å². The first-order valence-electron chi connectivity index (χ1n) is 5.69. The van der Waals surface area contributed by atoms with Crippen molar-refractivity contribution in [2.75, 3.05) is 5.75 Å². The van der Waals surface area contributed by atoms with Gasteiger partial charge in [0.25, 0.3) is 0 Å². The maximum absolute atomic E-state index is 11.5. The van der Waals surface area contributed by atoms with Crippen LogP contribution >= 0.6 is 0 Å². The molecule has 18 heavy (non-hydrogen) atoms. The van der Waals surface area contributed by atoms with Gasteiger partial charge in [-0.3, -0.25) is 4.79 Å². The first-order valence-corrected chi connectivity index (χ1v) is 7.41. The molecule has 1 heterocycles. The molecule has 1 aliphatic rings. The lowest BCUT2D eigenvalue weighted by Crippen LogP contribution is -2.19. The molecule has 96 valence electrons. The third kappa shape index (κ3) is 3.70. The summed E-state index contributed by atoms with van der Waals surface area (Å²) in [6.45, 7) is 0. The number of esters is 1. The van der Waals surface area contributed by atoms with Crippen LogP contribution in [0, 0.1) is 0 Å². The van der Waals surface area contributed by atoms with Crippen molar-refractivity contribution in [1.82, 2.24) is 0 Å². The number of rotatable bonds is 4. The summed E-state index contributed by atoms with van der Waals surface area (Å²) in [6, 6.07) is 9.61. The molecule has 0 spiro atoms. The quantitative estimate of drug-likeness (QED) is 0.774. The van der Waals surface area contributed by atoms with Crippen LogP contribution in [0.3, 0.4) is 0 Å². The average molecular weight is 266 g/mol. The highest BCUT2D eigenvalue weighted by atomic mass is 32.2. The lowest BCUT2D eigenvalue weighted by Gasteiger charge is -2.09. The summed E-state index contributed by atoms with van der Waals surface area (Å²) in [6.07, 6.45) is 1.64. The largest absolute Gasteiger partial charge is 0.457 e. The van der Waals surface area contributed by atoms with Gasteiger partial charge in [0.15, 0.2) is 9.84 Å². The molecule has 4 nitrogen and oxygen atoms in total. The Bertz CT molecular complexity index is 546. The molecular weight excluding hydrogens is 252 g/mol. The zero-order valence-corrected chi connectivity index (χ0v) is 10.6. The average Bonchev–Trinajstić information content (AvgIpc) is 2.67. The topological polar surface area (TPSA) is 60.4 Å². The van der Waals surface area contributed by atoms with Crippen molar-refractivity contribution >= 4 is 15.8 Å². The highest BCUT2D eigenvalue weighted by Crippen LogP contribution is 2.13. The van der Waals surface area contributed by atoms with Crippen LogP contribution in [0.5, 0.6) is 0 Å². The van der Waals surface area contributed by atoms with Gasteiger partial charge in [-0.2, -0.15) is 0 Å². The number of sulfone groups is 1. The van der Waals surface area contributed by atoms with E-state index in [1.807, 2.05) is 30.3 Å². The second-order valence-electron chi connectivity index (χ2n) is 4.17. The first kappa shape index (κ1) is 12.8. The highest BCUT2D eigenvalue weighted by Gasteiger charge is 2.24. The fourth-order valence-corrected chi connectivity index (χ4v) is 2.90. The van der Waals surface area contributed by atoms with E-state index in [4.69, 9.17) is 4.74 Å². The SMILES string of the molecule is O=C(CCc1ccccc1)OC1C=CS(=O)(=O)C1. The van der Waals surface area contributed by atoms with Crippen molar-refractivity contribution in [3.8, 4) is 0 Å². The van der Waals surface area contributed by atoms with Crippen molar-refractivity contribution in [2.45, 2.75) is 18.9 Å². The lowest BCUT2D eigenvalue weighted by atomic mass is 10.1. The minimum atomic E-state index is -3.17. The zero-order valence-electron chi connectivity index (χ0n) is 9.78. The first-order chi connectivity index (χ1) is 8.55. The van der Waals surface area contributed by atoms with Gasteiger partial charge in [0.05, 0.1) is 5.75 Å². The van der Waals surface area contributed by atoms with Gasteiger partial charge in [-0.15, -0.1) is 0 Å². The summed E-state index contributed by atoms with van der Waals surface area (Å²) in [5.41, 5.74) is 1.06. The Hall–Kier alpha value is -1.62. The van der Waals surface area contributed by atoms with Crippen molar-refractivity contribution in [2.24, 2.45) is 0 Å². The number of carbonyl (C=O) groups excluding carboxylic acids is 1. The minimum absolute atomic E-state index is 0.135. The molecule has 0 bridgehead atoms. The molecule has 0 saturated carbocycles. The number of hydrogen-bond donors (Lipinski definition) is 0. The van der Waals surface area contributed by atoms with Gasteiger partial charge in [0.2, 0.25) is 0 Å². The molecule has 0 radical (unpaired) electrons. The highest BCUT2D eigenvalue weighted by molar-refractivity contribution is 7.94. The molecule has 0 saturated heterocycles. The van der Waals surface area contributed by atoms with E-state index in [0.29, 0.717) is 6.42 Å². The van der Waals surface area contributed by atoms with Crippen LogP contribution in [0.25, 0.3) is 0 Å². The van der Waals surface area contributed by atoms with Crippen molar-refractivity contribution in [1.29, 1.82) is 0 Å². The number of aryl methyl sites for hydroxylation is 1. The molecule has 0 N–H and O–H groups in total. The maximum atomic E-state index is 11.5. The molecule has 1 atom stereocenters. The summed E-state index contributed by atoms with van der Waals surface area (Å²) in [5, 5.41) is 1.10. The van der Waals surface area contributed by atoms with E-state index < -0.39 is 15.9 Å². The van der Waals surface area contributed by atoms with Gasteiger partial charge in [-0.05, 0) is 18.1 Å². The van der Waals surface area contributed by atoms with Crippen LogP contribution in [0.2, 0.25) is 0 Å². The molecule has 0 aliphatic carbocycles. The number of hydrogen-bond acceptors (Lipinski definition) is 4. The van der Waals surface area contributed by atoms with Crippen LogP contribution in [0.1, 0.15) is 12.0 Å². The Kier molecular flexibility index (Phi) is 3.81. The van der Waals surface area contributed by atoms with Gasteiger partial charge < -0.3 is 4.74 Å². The van der Waals surface area contributed by atoms with Gasteiger partial charge in [-0.1, -0.05) is 30.3 Å². The van der Waals surface area contributed by atoms with Crippen LogP contribution < -0.4 is 0 Å². The second-order valence-corrected chi connectivity index (χ2v) is 6.10. The summed E-state index contributed by atoms with van der Waals surface area (Å²) in [5.74, 6) is -0.505. The Morgan fingerprint density at radius 3 is 2.61 bits per heavy atom. The molecule has 0 amide bonds. The van der Waals surface area contributed by atoms with E-state index in [2.05, 4.69) is 0 Å². The third-order valence-electron chi connectivity index (χ3n) is 2.64. The molecular formula is C13H14O4S. The van der Waals surface area contributed by atoms with E-state index in [9.17, 15) is 13.2 Å². The fourth-order valence-electron chi connectivity index (χ4n) is 1.74. The van der Waals surface area contributed by atoms with Crippen LogP contribution in [-0.2, 0) is 25.8 Å². The Balaban J connectivity index is 1.79. The van der Waals surface area contributed by atoms with Crippen molar-refractivity contribution in [3.63, 3.8) is 0 Å². The van der Waals surface area contributed by atoms with Crippen LogP contribution in [-0.4, -0.2) is 26.2 Å².